The molecular formula is C8H14O4S. The van der Waals surface area contributed by atoms with Gasteiger partial charge in [0, 0.05) is 5.57 Å². The number of aliphatic hydroxyl groups is 1. The molecule has 0 aliphatic heterocycles. The molecule has 76 valence electrons. The van der Waals surface area contributed by atoms with Crippen molar-refractivity contribution in [3.8, 4) is 0 Å². The Morgan fingerprint density at radius 1 is 1.54 bits per heavy atom. The van der Waals surface area contributed by atoms with E-state index < -0.39 is 5.97 Å². The minimum atomic E-state index is -0.410. The van der Waals surface area contributed by atoms with E-state index in [0.717, 1.165) is 12.0 Å². The summed E-state index contributed by atoms with van der Waals surface area (Å²) in [5.74, 6) is 0.145. The van der Waals surface area contributed by atoms with Gasteiger partial charge in [-0.15, -0.1) is 0 Å². The van der Waals surface area contributed by atoms with E-state index in [9.17, 15) is 4.79 Å². The summed E-state index contributed by atoms with van der Waals surface area (Å²) in [6.45, 7) is 5.80. The van der Waals surface area contributed by atoms with Crippen LogP contribution in [-0.2, 0) is 13.7 Å². The first-order valence-electron chi connectivity index (χ1n) is 3.86. The van der Waals surface area contributed by atoms with Crippen LogP contribution in [0.25, 0.3) is 0 Å². The van der Waals surface area contributed by atoms with Gasteiger partial charge in [0.05, 0.1) is 37.6 Å². The number of ether oxygens (including phenoxy) is 1. The Balaban J connectivity index is 3.16. The number of carbonyl (C=O) groups is 1. The maximum atomic E-state index is 10.8. The van der Waals surface area contributed by atoms with Crippen molar-refractivity contribution < 1.29 is 18.8 Å². The number of hydrogen-bond donors (Lipinski definition) is 1. The lowest BCUT2D eigenvalue weighted by molar-refractivity contribution is -0.128. The number of hydrogen-bond acceptors (Lipinski definition) is 5. The summed E-state index contributed by atoms with van der Waals surface area (Å²) in [4.78, 5) is 10.8. The maximum absolute atomic E-state index is 10.8. The van der Waals surface area contributed by atoms with Gasteiger partial charge in [0.25, 0.3) is 0 Å². The molecule has 13 heavy (non-hydrogen) atoms. The quantitative estimate of drug-likeness (QED) is 0.378. The summed E-state index contributed by atoms with van der Waals surface area (Å²) >= 11 is 1.02. The number of rotatable bonds is 7. The monoisotopic (exact) mass is 206 g/mol. The Labute approximate surface area is 82.1 Å². The molecule has 0 saturated carbocycles. The van der Waals surface area contributed by atoms with Crippen molar-refractivity contribution >= 4 is 18.0 Å². The van der Waals surface area contributed by atoms with Gasteiger partial charge < -0.3 is 14.0 Å². The first-order valence-corrected chi connectivity index (χ1v) is 4.77. The van der Waals surface area contributed by atoms with Crippen molar-refractivity contribution in [1.29, 1.82) is 0 Å². The third-order valence-electron chi connectivity index (χ3n) is 1.03. The Morgan fingerprint density at radius 3 is 2.77 bits per heavy atom. The zero-order chi connectivity index (χ0) is 10.1. The van der Waals surface area contributed by atoms with Gasteiger partial charge in [0.15, 0.2) is 0 Å². The molecule has 0 rings (SSSR count). The number of carbonyl (C=O) groups excluding carboxylic acids is 1. The van der Waals surface area contributed by atoms with E-state index in [-0.39, 0.29) is 6.61 Å². The predicted molar refractivity (Wildman–Crippen MR) is 51.3 cm³/mol. The Morgan fingerprint density at radius 2 is 2.23 bits per heavy atom. The van der Waals surface area contributed by atoms with Crippen molar-refractivity contribution in [2.75, 3.05) is 25.6 Å². The SMILES string of the molecule is C=C(C)C(=O)OSCCOCCO. The minimum absolute atomic E-state index is 0.0101. The first kappa shape index (κ1) is 12.5. The summed E-state index contributed by atoms with van der Waals surface area (Å²) in [5.41, 5.74) is 0.378. The van der Waals surface area contributed by atoms with E-state index in [1.807, 2.05) is 0 Å². The predicted octanol–water partition coefficient (Wildman–Crippen LogP) is 0.763. The highest BCUT2D eigenvalue weighted by Gasteiger charge is 2.02. The molecule has 0 atom stereocenters. The third kappa shape index (κ3) is 7.83. The first-order chi connectivity index (χ1) is 6.18. The minimum Gasteiger partial charge on any atom is -0.394 e. The van der Waals surface area contributed by atoms with Gasteiger partial charge in [-0.05, 0) is 6.92 Å². The molecule has 0 amide bonds. The van der Waals surface area contributed by atoms with Crippen LogP contribution < -0.4 is 0 Å². The van der Waals surface area contributed by atoms with Crippen LogP contribution in [0.15, 0.2) is 12.2 Å². The highest BCUT2D eigenvalue weighted by Crippen LogP contribution is 2.05. The lowest BCUT2D eigenvalue weighted by Gasteiger charge is -2.02. The summed E-state index contributed by atoms with van der Waals surface area (Å²) in [6, 6.07) is 0. The Hall–Kier alpha value is -0.520. The fraction of sp³-hybridized carbons (Fsp3) is 0.625. The largest absolute Gasteiger partial charge is 0.394 e. The van der Waals surface area contributed by atoms with Crippen LogP contribution >= 0.6 is 12.0 Å². The van der Waals surface area contributed by atoms with E-state index in [4.69, 9.17) is 14.0 Å². The second-order valence-electron chi connectivity index (χ2n) is 2.31. The molecule has 5 heteroatoms. The summed E-state index contributed by atoms with van der Waals surface area (Å²) < 4.78 is 9.66. The van der Waals surface area contributed by atoms with Crippen LogP contribution in [0.2, 0.25) is 0 Å². The number of aliphatic hydroxyl groups excluding tert-OH is 1. The molecule has 0 aromatic carbocycles. The van der Waals surface area contributed by atoms with Gasteiger partial charge in [-0.2, -0.15) is 0 Å². The second-order valence-corrected chi connectivity index (χ2v) is 3.12. The average molecular weight is 206 g/mol. The molecule has 0 radical (unpaired) electrons. The Bertz CT molecular complexity index is 170. The van der Waals surface area contributed by atoms with Crippen LogP contribution in [0.5, 0.6) is 0 Å². The topological polar surface area (TPSA) is 55.8 Å². The second kappa shape index (κ2) is 8.10. The molecule has 0 aromatic rings. The van der Waals surface area contributed by atoms with Crippen LogP contribution in [0.4, 0.5) is 0 Å². The zero-order valence-electron chi connectivity index (χ0n) is 7.62. The molecule has 0 unspecified atom stereocenters. The zero-order valence-corrected chi connectivity index (χ0v) is 8.43. The Kier molecular flexibility index (Phi) is 7.77. The normalized spacial score (nSPS) is 9.69. The fourth-order valence-electron chi connectivity index (χ4n) is 0.426. The van der Waals surface area contributed by atoms with Gasteiger partial charge in [-0.1, -0.05) is 6.58 Å². The van der Waals surface area contributed by atoms with Gasteiger partial charge in [0.1, 0.15) is 0 Å². The van der Waals surface area contributed by atoms with Gasteiger partial charge in [-0.3, -0.25) is 0 Å². The summed E-state index contributed by atoms with van der Waals surface area (Å²) in [6.07, 6.45) is 0. The molecule has 1 N–H and O–H groups in total. The van der Waals surface area contributed by atoms with Crippen molar-refractivity contribution in [1.82, 2.24) is 0 Å². The standard InChI is InChI=1S/C8H14O4S/c1-7(2)8(10)12-13-6-5-11-4-3-9/h9H,1,3-6H2,2H3. The van der Waals surface area contributed by atoms with E-state index in [2.05, 4.69) is 6.58 Å². The van der Waals surface area contributed by atoms with E-state index in [0.29, 0.717) is 24.5 Å². The van der Waals surface area contributed by atoms with Crippen molar-refractivity contribution in [2.45, 2.75) is 6.92 Å². The van der Waals surface area contributed by atoms with Gasteiger partial charge >= 0.3 is 5.97 Å². The van der Waals surface area contributed by atoms with Crippen molar-refractivity contribution in [2.24, 2.45) is 0 Å². The molecule has 0 saturated heterocycles. The highest BCUT2D eigenvalue weighted by atomic mass is 32.2. The molecule has 0 fully saturated rings. The van der Waals surface area contributed by atoms with Crippen LogP contribution in [-0.4, -0.2) is 36.6 Å². The van der Waals surface area contributed by atoms with Gasteiger partial charge in [-0.25, -0.2) is 4.79 Å². The highest BCUT2D eigenvalue weighted by molar-refractivity contribution is 7.95. The summed E-state index contributed by atoms with van der Waals surface area (Å²) in [7, 11) is 0. The van der Waals surface area contributed by atoms with Crippen LogP contribution in [0, 0.1) is 0 Å². The molecule has 4 nitrogen and oxygen atoms in total. The smallest absolute Gasteiger partial charge is 0.345 e. The van der Waals surface area contributed by atoms with Crippen LogP contribution in [0.3, 0.4) is 0 Å². The van der Waals surface area contributed by atoms with E-state index in [1.165, 1.54) is 0 Å². The molecular weight excluding hydrogens is 192 g/mol. The fourth-order valence-corrected chi connectivity index (χ4v) is 0.944. The molecule has 0 aliphatic rings. The van der Waals surface area contributed by atoms with E-state index >= 15 is 0 Å². The van der Waals surface area contributed by atoms with Crippen LogP contribution in [0.1, 0.15) is 6.92 Å². The van der Waals surface area contributed by atoms with Gasteiger partial charge in [0.2, 0.25) is 0 Å². The van der Waals surface area contributed by atoms with Crippen molar-refractivity contribution in [3.05, 3.63) is 12.2 Å². The molecule has 0 bridgehead atoms. The molecule has 0 aliphatic carbocycles. The molecule has 0 aromatic heterocycles. The summed E-state index contributed by atoms with van der Waals surface area (Å²) in [5, 5.41) is 8.36. The van der Waals surface area contributed by atoms with Crippen molar-refractivity contribution in [3.63, 3.8) is 0 Å². The van der Waals surface area contributed by atoms with E-state index in [1.54, 1.807) is 6.92 Å². The lowest BCUT2D eigenvalue weighted by atomic mass is 10.4. The molecule has 0 spiro atoms. The average Bonchev–Trinajstić information content (AvgIpc) is 2.10. The third-order valence-corrected chi connectivity index (χ3v) is 1.63. The molecule has 0 heterocycles. The lowest BCUT2D eigenvalue weighted by Crippen LogP contribution is -2.05. The maximum Gasteiger partial charge on any atom is 0.345 e.